The molecule has 0 fully saturated rings. The van der Waals surface area contributed by atoms with Crippen molar-refractivity contribution in [2.24, 2.45) is 5.92 Å². The Labute approximate surface area is 206 Å². The van der Waals surface area contributed by atoms with Crippen LogP contribution in [0.1, 0.15) is 26.3 Å². The number of nitrogens with zero attached hydrogens (tertiary/aromatic N) is 2. The molecule has 8 nitrogen and oxygen atoms in total. The number of anilines is 1. The van der Waals surface area contributed by atoms with Gasteiger partial charge in [0.25, 0.3) is 0 Å². The summed E-state index contributed by atoms with van der Waals surface area (Å²) in [6.45, 7) is 5.71. The summed E-state index contributed by atoms with van der Waals surface area (Å²) in [4.78, 5) is 27.6. The van der Waals surface area contributed by atoms with Gasteiger partial charge in [-0.15, -0.1) is 0 Å². The van der Waals surface area contributed by atoms with Gasteiger partial charge in [0.15, 0.2) is 0 Å². The van der Waals surface area contributed by atoms with E-state index in [4.69, 9.17) is 16.3 Å². The molecule has 2 aromatic rings. The summed E-state index contributed by atoms with van der Waals surface area (Å²) >= 11 is 6.19. The van der Waals surface area contributed by atoms with Gasteiger partial charge in [0.05, 0.1) is 24.1 Å². The van der Waals surface area contributed by atoms with Crippen molar-refractivity contribution < 1.29 is 22.7 Å². The fourth-order valence-electron chi connectivity index (χ4n) is 3.24. The van der Waals surface area contributed by atoms with E-state index in [-0.39, 0.29) is 29.1 Å². The van der Waals surface area contributed by atoms with E-state index in [1.165, 1.54) is 30.2 Å². The van der Waals surface area contributed by atoms with Crippen molar-refractivity contribution in [3.63, 3.8) is 0 Å². The lowest BCUT2D eigenvalue weighted by Crippen LogP contribution is -2.51. The molecular formula is C24H32ClN3O5S. The van der Waals surface area contributed by atoms with Crippen molar-refractivity contribution >= 4 is 39.1 Å². The Morgan fingerprint density at radius 3 is 2.26 bits per heavy atom. The first-order valence-electron chi connectivity index (χ1n) is 10.9. The van der Waals surface area contributed by atoms with E-state index in [1.807, 2.05) is 44.2 Å². The normalized spacial score (nSPS) is 12.2. The lowest BCUT2D eigenvalue weighted by Gasteiger charge is -2.31. The quantitative estimate of drug-likeness (QED) is 0.501. The summed E-state index contributed by atoms with van der Waals surface area (Å²) < 4.78 is 31.3. The van der Waals surface area contributed by atoms with Crippen LogP contribution < -0.4 is 14.4 Å². The van der Waals surface area contributed by atoms with Crippen LogP contribution in [-0.2, 0) is 26.2 Å². The van der Waals surface area contributed by atoms with Crippen LogP contribution in [0.3, 0.4) is 0 Å². The van der Waals surface area contributed by atoms with Gasteiger partial charge >= 0.3 is 0 Å². The molecule has 0 aliphatic heterocycles. The highest BCUT2D eigenvalue weighted by atomic mass is 35.5. The highest BCUT2D eigenvalue weighted by Crippen LogP contribution is 2.30. The molecule has 0 heterocycles. The second-order valence-electron chi connectivity index (χ2n) is 8.41. The molecule has 0 saturated carbocycles. The minimum Gasteiger partial charge on any atom is -0.495 e. The number of ether oxygens (including phenoxy) is 1. The molecule has 34 heavy (non-hydrogen) atoms. The first-order chi connectivity index (χ1) is 15.9. The predicted molar refractivity (Wildman–Crippen MR) is 134 cm³/mol. The highest BCUT2D eigenvalue weighted by Gasteiger charge is 2.30. The zero-order chi connectivity index (χ0) is 25.5. The molecule has 0 aromatic heterocycles. The number of methoxy groups -OCH3 is 1. The lowest BCUT2D eigenvalue weighted by molar-refractivity contribution is -0.139. The van der Waals surface area contributed by atoms with Crippen LogP contribution in [0.25, 0.3) is 0 Å². The van der Waals surface area contributed by atoms with Crippen LogP contribution in [0.2, 0.25) is 5.02 Å². The number of halogens is 1. The van der Waals surface area contributed by atoms with Crippen molar-refractivity contribution in [1.29, 1.82) is 0 Å². The van der Waals surface area contributed by atoms with E-state index in [1.54, 1.807) is 6.92 Å². The van der Waals surface area contributed by atoms with Crippen LogP contribution in [-0.4, -0.2) is 57.6 Å². The molecule has 186 valence electrons. The Morgan fingerprint density at radius 2 is 1.74 bits per heavy atom. The maximum atomic E-state index is 13.5. The van der Waals surface area contributed by atoms with E-state index in [0.29, 0.717) is 12.3 Å². The van der Waals surface area contributed by atoms with Crippen LogP contribution in [0.4, 0.5) is 5.69 Å². The maximum Gasteiger partial charge on any atom is 0.244 e. The van der Waals surface area contributed by atoms with Gasteiger partial charge in [0, 0.05) is 13.1 Å². The van der Waals surface area contributed by atoms with E-state index in [2.05, 4.69) is 5.32 Å². The topological polar surface area (TPSA) is 96.0 Å². The van der Waals surface area contributed by atoms with Crippen molar-refractivity contribution in [1.82, 2.24) is 10.2 Å². The molecule has 0 aliphatic carbocycles. The molecule has 1 atom stereocenters. The number of hydrogen-bond acceptors (Lipinski definition) is 5. The number of benzene rings is 2. The average molecular weight is 510 g/mol. The molecule has 0 radical (unpaired) electrons. The molecule has 0 aliphatic rings. The summed E-state index contributed by atoms with van der Waals surface area (Å²) in [5.41, 5.74) is 1.04. The number of amides is 2. The second-order valence-corrected chi connectivity index (χ2v) is 10.7. The second kappa shape index (κ2) is 12.1. The first-order valence-corrected chi connectivity index (χ1v) is 13.1. The molecule has 10 heteroatoms. The minimum atomic E-state index is -3.84. The molecule has 0 bridgehead atoms. The number of carbonyl (C=O) groups is 2. The first kappa shape index (κ1) is 27.5. The van der Waals surface area contributed by atoms with Gasteiger partial charge in [-0.1, -0.05) is 55.8 Å². The third-order valence-electron chi connectivity index (χ3n) is 5.15. The van der Waals surface area contributed by atoms with E-state index in [0.717, 1.165) is 16.1 Å². The Bertz CT molecular complexity index is 1090. The molecule has 2 aromatic carbocycles. The van der Waals surface area contributed by atoms with Gasteiger partial charge < -0.3 is 15.0 Å². The average Bonchev–Trinajstić information content (AvgIpc) is 2.78. The van der Waals surface area contributed by atoms with Crippen molar-refractivity contribution in [3.8, 4) is 5.75 Å². The van der Waals surface area contributed by atoms with Crippen molar-refractivity contribution in [3.05, 3.63) is 59.1 Å². The van der Waals surface area contributed by atoms with Crippen LogP contribution in [0, 0.1) is 5.92 Å². The van der Waals surface area contributed by atoms with Crippen molar-refractivity contribution in [2.75, 3.05) is 30.8 Å². The monoisotopic (exact) mass is 509 g/mol. The number of nitrogens with one attached hydrogen (secondary N) is 1. The van der Waals surface area contributed by atoms with Crippen LogP contribution >= 0.6 is 11.6 Å². The van der Waals surface area contributed by atoms with Crippen molar-refractivity contribution in [2.45, 2.75) is 33.4 Å². The Kier molecular flexibility index (Phi) is 9.76. The van der Waals surface area contributed by atoms with Gasteiger partial charge in [-0.2, -0.15) is 0 Å². The molecule has 1 N–H and O–H groups in total. The highest BCUT2D eigenvalue weighted by molar-refractivity contribution is 7.92. The van der Waals surface area contributed by atoms with Gasteiger partial charge in [-0.3, -0.25) is 13.9 Å². The largest absolute Gasteiger partial charge is 0.495 e. The van der Waals surface area contributed by atoms with Crippen LogP contribution in [0.15, 0.2) is 48.5 Å². The van der Waals surface area contributed by atoms with E-state index in [9.17, 15) is 18.0 Å². The Balaban J connectivity index is 2.36. The lowest BCUT2D eigenvalue weighted by atomic mass is 10.1. The van der Waals surface area contributed by atoms with Gasteiger partial charge in [-0.05, 0) is 36.6 Å². The molecule has 0 saturated heterocycles. The van der Waals surface area contributed by atoms with Gasteiger partial charge in [0.2, 0.25) is 21.8 Å². The summed E-state index contributed by atoms with van der Waals surface area (Å²) in [6, 6.07) is 12.9. The van der Waals surface area contributed by atoms with Gasteiger partial charge in [-0.25, -0.2) is 8.42 Å². The standard InChI is InChI=1S/C24H32ClN3O5S/c1-17(2)14-26-24(30)18(3)27(15-19-9-7-6-8-10-19)23(29)16-28(34(5,31)32)20-11-12-22(33-4)21(25)13-20/h6-13,17-18H,14-16H2,1-5H3,(H,26,30)/t18-/m0/s1. The number of hydrogen-bond donors (Lipinski definition) is 1. The summed E-state index contributed by atoms with van der Waals surface area (Å²) in [7, 11) is -2.39. The molecule has 0 spiro atoms. The fourth-order valence-corrected chi connectivity index (χ4v) is 4.33. The molecule has 2 amide bonds. The third-order valence-corrected chi connectivity index (χ3v) is 6.59. The van der Waals surface area contributed by atoms with Crippen LogP contribution in [0.5, 0.6) is 5.75 Å². The summed E-state index contributed by atoms with van der Waals surface area (Å²) in [5, 5.41) is 3.05. The Morgan fingerprint density at radius 1 is 1.09 bits per heavy atom. The zero-order valence-corrected chi connectivity index (χ0v) is 21.7. The van der Waals surface area contributed by atoms with Gasteiger partial charge in [0.1, 0.15) is 18.3 Å². The number of sulfonamides is 1. The maximum absolute atomic E-state index is 13.5. The minimum absolute atomic E-state index is 0.150. The predicted octanol–water partition coefficient (Wildman–Crippen LogP) is 3.30. The molecular weight excluding hydrogens is 478 g/mol. The molecule has 2 rings (SSSR count). The van der Waals surface area contributed by atoms with E-state index >= 15 is 0 Å². The smallest absolute Gasteiger partial charge is 0.244 e. The zero-order valence-electron chi connectivity index (χ0n) is 20.1. The third kappa shape index (κ3) is 7.63. The number of carbonyl (C=O) groups excluding carboxylic acids is 2. The number of rotatable bonds is 11. The Hall–Kier alpha value is -2.78. The van der Waals surface area contributed by atoms with E-state index < -0.39 is 28.5 Å². The summed E-state index contributed by atoms with van der Waals surface area (Å²) in [6.07, 6.45) is 1.01. The molecule has 0 unspecified atom stereocenters. The SMILES string of the molecule is COc1ccc(N(CC(=O)N(Cc2ccccc2)[C@@H](C)C(=O)NCC(C)C)S(C)(=O)=O)cc1Cl. The summed E-state index contributed by atoms with van der Waals surface area (Å²) in [5.74, 6) is -0.203. The fraction of sp³-hybridized carbons (Fsp3) is 0.417.